The van der Waals surface area contributed by atoms with Gasteiger partial charge in [0.25, 0.3) is 5.91 Å². The predicted octanol–water partition coefficient (Wildman–Crippen LogP) is 1.30. The molecule has 2 aromatic rings. The molecule has 10 unspecified atom stereocenters. The van der Waals surface area contributed by atoms with Gasteiger partial charge < -0.3 is 63.9 Å². The fourth-order valence-corrected chi connectivity index (χ4v) is 9.47. The number of unbranched alkanes of at least 4 members (excludes halogenated alkanes) is 2. The van der Waals surface area contributed by atoms with E-state index < -0.39 is 91.2 Å². The molecule has 20 heteroatoms. The lowest BCUT2D eigenvalue weighted by molar-refractivity contribution is -0.151. The van der Waals surface area contributed by atoms with Crippen LogP contribution in [0.3, 0.4) is 0 Å². The van der Waals surface area contributed by atoms with Gasteiger partial charge in [-0.15, -0.1) is 0 Å². The van der Waals surface area contributed by atoms with Gasteiger partial charge in [0.2, 0.25) is 35.4 Å². The van der Waals surface area contributed by atoms with Gasteiger partial charge in [0.15, 0.2) is 0 Å². The summed E-state index contributed by atoms with van der Waals surface area (Å²) in [5, 5.41) is 36.8. The summed E-state index contributed by atoms with van der Waals surface area (Å²) < 4.78 is 5.90. The van der Waals surface area contributed by atoms with Crippen molar-refractivity contribution in [3.8, 4) is 11.1 Å². The van der Waals surface area contributed by atoms with Gasteiger partial charge in [-0.05, 0) is 116 Å². The molecule has 3 aliphatic rings. The van der Waals surface area contributed by atoms with E-state index in [9.17, 15) is 43.7 Å². The minimum absolute atomic E-state index is 0.0373. The number of amides is 7. The van der Waals surface area contributed by atoms with Gasteiger partial charge in [-0.3, -0.25) is 33.6 Å². The molecule has 5 rings (SSSR count). The molecule has 14 N–H and O–H groups in total. The summed E-state index contributed by atoms with van der Waals surface area (Å²) in [5.41, 5.74) is 21.1. The number of primary amides is 1. The molecular formula is C50H78BN9O10. The number of hydrogen-bond acceptors (Lipinski definition) is 12. The number of carbonyl (C=O) groups is 7. The Balaban J connectivity index is 1.32. The van der Waals surface area contributed by atoms with Crippen molar-refractivity contribution in [2.45, 2.75) is 155 Å². The number of nitrogens with two attached hydrogens (primary N) is 3. The summed E-state index contributed by atoms with van der Waals surface area (Å²) in [4.78, 5) is 92.7. The first kappa shape index (κ1) is 57.2. The number of rotatable bonds is 28. The average Bonchev–Trinajstić information content (AvgIpc) is 3.31. The Hall–Kier alpha value is -5.41. The Morgan fingerprint density at radius 1 is 0.800 bits per heavy atom. The lowest BCUT2D eigenvalue weighted by atomic mass is 9.45. The van der Waals surface area contributed by atoms with Gasteiger partial charge in [-0.25, -0.2) is 0 Å². The minimum Gasteiger partial charge on any atom is -0.425 e. The summed E-state index contributed by atoms with van der Waals surface area (Å²) >= 11 is 0. The van der Waals surface area contributed by atoms with E-state index >= 15 is 0 Å². The maximum Gasteiger partial charge on any atom is 0.493 e. The van der Waals surface area contributed by atoms with E-state index in [-0.39, 0.29) is 42.7 Å². The van der Waals surface area contributed by atoms with Crippen LogP contribution in [-0.4, -0.2) is 114 Å². The normalized spacial score (nSPS) is 20.5. The summed E-state index contributed by atoms with van der Waals surface area (Å²) in [5.74, 6) is -5.11. The molecule has 0 spiro atoms. The van der Waals surface area contributed by atoms with Crippen LogP contribution < -0.4 is 49.1 Å². The number of aliphatic hydroxyl groups excluding tert-OH is 1. The molecule has 3 saturated carbocycles. The van der Waals surface area contributed by atoms with Gasteiger partial charge in [0.1, 0.15) is 30.2 Å². The molecule has 2 aromatic carbocycles. The molecule has 19 nitrogen and oxygen atoms in total. The van der Waals surface area contributed by atoms with Crippen molar-refractivity contribution < 1.29 is 48.3 Å². The monoisotopic (exact) mass is 976 g/mol. The second-order valence-electron chi connectivity index (χ2n) is 20.0. The molecule has 3 aliphatic carbocycles. The summed E-state index contributed by atoms with van der Waals surface area (Å²) in [6, 6.07) is 8.33. The molecule has 0 heterocycles. The van der Waals surface area contributed by atoms with Crippen LogP contribution in [0.15, 0.2) is 48.5 Å². The van der Waals surface area contributed by atoms with Gasteiger partial charge >= 0.3 is 7.12 Å². The van der Waals surface area contributed by atoms with E-state index in [1.165, 1.54) is 12.5 Å². The highest BCUT2D eigenvalue weighted by molar-refractivity contribution is 6.45. The summed E-state index contributed by atoms with van der Waals surface area (Å²) in [6.45, 7) is 13.4. The smallest absolute Gasteiger partial charge is 0.425 e. The van der Waals surface area contributed by atoms with Crippen molar-refractivity contribution in [2.75, 3.05) is 13.1 Å². The van der Waals surface area contributed by atoms with Crippen molar-refractivity contribution >= 4 is 48.5 Å². The van der Waals surface area contributed by atoms with Gasteiger partial charge in [-0.2, -0.15) is 0 Å². The van der Waals surface area contributed by atoms with E-state index in [1.807, 2.05) is 12.1 Å². The maximum atomic E-state index is 13.7. The Kier molecular flexibility index (Phi) is 21.8. The molecule has 0 aromatic heterocycles. The van der Waals surface area contributed by atoms with Gasteiger partial charge in [0, 0.05) is 24.6 Å². The fourth-order valence-electron chi connectivity index (χ4n) is 9.47. The van der Waals surface area contributed by atoms with Crippen LogP contribution in [0.5, 0.6) is 0 Å². The van der Waals surface area contributed by atoms with Gasteiger partial charge in [0.05, 0.1) is 12.5 Å². The molecular weight excluding hydrogens is 897 g/mol. The average molecular weight is 976 g/mol. The standard InChI is InChI=1S/C50H78BN9O10/c1-8-9-12-31-14-16-32(17-15-31)33-18-20-34(21-19-33)44(64)55-24-22-41(63)56-37(13-10-11-23-52)45(65)59-43(30(5)61)48(68)58-42(28(2)3)47(67)57-38(27-40(53)62)46(66)60-49(54)51(69)70-39-26-35-25-36(29(39)4)50(35,6)7/h14-21,28-30,35-39,42-43,49,61,69H,8-13,22-27,52,54H2,1-7H3,(H2,53,62)(H,55,64)(H,56,63)(H,57,67)(H,58,68)(H,59,65)(H,60,66). The maximum absolute atomic E-state index is 13.7. The number of aryl methyl sites for hydroxylation is 1. The second-order valence-corrected chi connectivity index (χ2v) is 20.0. The number of fused-ring (bicyclic) bond motifs is 2. The van der Waals surface area contributed by atoms with Crippen molar-refractivity contribution in [2.24, 2.45) is 46.3 Å². The van der Waals surface area contributed by atoms with E-state index in [0.717, 1.165) is 43.2 Å². The Labute approximate surface area is 412 Å². The lowest BCUT2D eigenvalue weighted by Crippen LogP contribution is -2.63. The molecule has 386 valence electrons. The lowest BCUT2D eigenvalue weighted by Gasteiger charge is -2.62. The summed E-state index contributed by atoms with van der Waals surface area (Å²) in [6.07, 6.45) is 3.58. The molecule has 2 bridgehead atoms. The highest BCUT2D eigenvalue weighted by Crippen LogP contribution is 2.61. The van der Waals surface area contributed by atoms with Crippen LogP contribution in [0.4, 0.5) is 0 Å². The Bertz CT molecular complexity index is 2090. The predicted molar refractivity (Wildman–Crippen MR) is 267 cm³/mol. The topological polar surface area (TPSA) is 319 Å². The third kappa shape index (κ3) is 16.1. The highest BCUT2D eigenvalue weighted by Gasteiger charge is 2.57. The van der Waals surface area contributed by atoms with Crippen LogP contribution in [0, 0.1) is 29.1 Å². The Morgan fingerprint density at radius 2 is 1.40 bits per heavy atom. The van der Waals surface area contributed by atoms with Crippen molar-refractivity contribution in [3.63, 3.8) is 0 Å². The zero-order valence-corrected chi connectivity index (χ0v) is 41.9. The molecule has 70 heavy (non-hydrogen) atoms. The molecule has 3 fully saturated rings. The quantitative estimate of drug-likeness (QED) is 0.0327. The number of benzene rings is 2. The third-order valence-corrected chi connectivity index (χ3v) is 14.1. The van der Waals surface area contributed by atoms with Crippen LogP contribution in [0.25, 0.3) is 11.1 Å². The van der Waals surface area contributed by atoms with Crippen molar-refractivity contribution in [1.82, 2.24) is 31.9 Å². The molecule has 7 amide bonds. The molecule has 0 aliphatic heterocycles. The molecule has 0 radical (unpaired) electrons. The first-order valence-corrected chi connectivity index (χ1v) is 24.8. The first-order valence-electron chi connectivity index (χ1n) is 24.8. The first-order chi connectivity index (χ1) is 33.1. The van der Waals surface area contributed by atoms with Crippen molar-refractivity contribution in [3.05, 3.63) is 59.7 Å². The van der Waals surface area contributed by atoms with E-state index in [2.05, 4.69) is 83.9 Å². The van der Waals surface area contributed by atoms with E-state index in [4.69, 9.17) is 21.9 Å². The third-order valence-electron chi connectivity index (χ3n) is 14.1. The van der Waals surface area contributed by atoms with Crippen LogP contribution >= 0.6 is 0 Å². The minimum atomic E-state index is -1.61. The zero-order chi connectivity index (χ0) is 51.9. The largest absolute Gasteiger partial charge is 0.493 e. The number of aliphatic hydroxyl groups is 1. The van der Waals surface area contributed by atoms with Crippen molar-refractivity contribution in [1.29, 1.82) is 0 Å². The second kappa shape index (κ2) is 26.7. The van der Waals surface area contributed by atoms with E-state index in [1.54, 1.807) is 26.0 Å². The van der Waals surface area contributed by atoms with Gasteiger partial charge in [-0.1, -0.05) is 84.4 Å². The number of hydrogen-bond donors (Lipinski definition) is 11. The Morgan fingerprint density at radius 3 is 1.96 bits per heavy atom. The van der Waals surface area contributed by atoms with Crippen LogP contribution in [-0.2, 0) is 39.8 Å². The number of carbonyl (C=O) groups excluding carboxylic acids is 7. The SMILES string of the molecule is CCCCc1ccc(-c2ccc(C(=O)NCCC(=O)NC(CCCCN)C(=O)NC(C(=O)NC(C(=O)NC(CC(N)=O)C(=O)NC(N)B(O)OC3CC4CC(C3C)C4(C)C)C(C)C)C(C)O)cc2)cc1. The molecule has 10 atom stereocenters. The number of nitrogens with one attached hydrogen (secondary N) is 6. The summed E-state index contributed by atoms with van der Waals surface area (Å²) in [7, 11) is -1.60. The van der Waals surface area contributed by atoms with Crippen LogP contribution in [0.2, 0.25) is 0 Å². The zero-order valence-electron chi connectivity index (χ0n) is 41.9. The van der Waals surface area contributed by atoms with Crippen LogP contribution in [0.1, 0.15) is 122 Å². The van der Waals surface area contributed by atoms with E-state index in [0.29, 0.717) is 36.8 Å². The highest BCUT2D eigenvalue weighted by atomic mass is 16.5. The fraction of sp³-hybridized carbons (Fsp3) is 0.620. The molecule has 0 saturated heterocycles.